The summed E-state index contributed by atoms with van der Waals surface area (Å²) in [6.45, 7) is -1.18. The van der Waals surface area contributed by atoms with Gasteiger partial charge in [-0.25, -0.2) is 9.97 Å². The van der Waals surface area contributed by atoms with Crippen LogP contribution in [0.4, 0.5) is 45.5 Å². The van der Waals surface area contributed by atoms with Gasteiger partial charge in [0, 0.05) is 19.1 Å². The van der Waals surface area contributed by atoms with Crippen molar-refractivity contribution in [3.63, 3.8) is 0 Å². The third-order valence-corrected chi connectivity index (χ3v) is 6.59. The number of rotatable bonds is 11. The number of aromatic nitrogens is 2. The van der Waals surface area contributed by atoms with Gasteiger partial charge in [-0.1, -0.05) is 36.4 Å². The smallest absolute Gasteiger partial charge is 0.550 e. The van der Waals surface area contributed by atoms with Gasteiger partial charge in [-0.3, -0.25) is 0 Å². The molecule has 16 heteroatoms. The van der Waals surface area contributed by atoms with Crippen LogP contribution in [-0.4, -0.2) is 22.5 Å². The van der Waals surface area contributed by atoms with Gasteiger partial charge in [0.05, 0.1) is 35.7 Å². The molecule has 0 atom stereocenters. The Balaban J connectivity index is 0.00000600. The molecule has 0 saturated carbocycles. The van der Waals surface area contributed by atoms with Gasteiger partial charge in [-0.05, 0) is 65.4 Å². The summed E-state index contributed by atoms with van der Waals surface area (Å²) in [5, 5.41) is 10.6. The zero-order valence-electron chi connectivity index (χ0n) is 24.5. The van der Waals surface area contributed by atoms with Gasteiger partial charge in [0.25, 0.3) is 0 Å². The number of alkyl halides is 9. The molecule has 0 aliphatic carbocycles. The van der Waals surface area contributed by atoms with Crippen LogP contribution in [-0.2, 0) is 36.4 Å². The molecule has 0 N–H and O–H groups in total. The van der Waals surface area contributed by atoms with E-state index < -0.39 is 59.8 Å². The van der Waals surface area contributed by atoms with Crippen LogP contribution in [0.25, 0.3) is 11.1 Å². The number of carboxylic acids is 1. The van der Waals surface area contributed by atoms with Gasteiger partial charge in [0.2, 0.25) is 5.95 Å². The molecule has 0 fully saturated rings. The van der Waals surface area contributed by atoms with Crippen LogP contribution in [0.1, 0.15) is 40.7 Å². The Morgan fingerprint density at radius 3 is 1.85 bits per heavy atom. The minimum Gasteiger partial charge on any atom is -0.550 e. The van der Waals surface area contributed by atoms with E-state index in [1.165, 1.54) is 6.07 Å². The average molecular weight is 680 g/mol. The van der Waals surface area contributed by atoms with Crippen molar-refractivity contribution >= 4 is 11.9 Å². The fourth-order valence-electron chi connectivity index (χ4n) is 4.49. The van der Waals surface area contributed by atoms with Gasteiger partial charge in [0.1, 0.15) is 0 Å². The van der Waals surface area contributed by atoms with E-state index in [-0.39, 0.29) is 72.3 Å². The monoisotopic (exact) mass is 679 g/mol. The normalized spacial score (nSPS) is 11.9. The first-order valence-electron chi connectivity index (χ1n) is 13.4. The minimum absolute atomic E-state index is 0. The van der Waals surface area contributed by atoms with E-state index in [0.29, 0.717) is 23.3 Å². The third kappa shape index (κ3) is 10.6. The molecule has 0 saturated heterocycles. The Bertz CT molecular complexity index is 1610. The standard InChI is InChI=1S/C31H24F9N3O3.Na/c32-29(33,34)22-8-9-26(20-5-2-1-3-6-20)21(13-22)18-43(28-41-15-25(16-42-28)46-10-4-7-27(44)45)17-19-11-23(30(35,36)37)14-24(12-19)31(38,39)40;/h1-3,5-6,8-9,11-16H,4,7,10,17-18H2,(H,44,45);/q;+1/p-1. The van der Waals surface area contributed by atoms with Crippen LogP contribution in [0.15, 0.2) is 79.1 Å². The predicted molar refractivity (Wildman–Crippen MR) is 145 cm³/mol. The summed E-state index contributed by atoms with van der Waals surface area (Å²) in [6.07, 6.45) is -13.0. The number of aliphatic carboxylic acids is 1. The van der Waals surface area contributed by atoms with E-state index in [1.807, 2.05) is 0 Å². The first-order chi connectivity index (χ1) is 21.5. The van der Waals surface area contributed by atoms with Crippen molar-refractivity contribution in [2.45, 2.75) is 44.5 Å². The number of ether oxygens (including phenoxy) is 1. The number of hydrogen-bond acceptors (Lipinski definition) is 6. The molecule has 0 amide bonds. The zero-order valence-corrected chi connectivity index (χ0v) is 26.5. The Morgan fingerprint density at radius 2 is 1.32 bits per heavy atom. The molecular weight excluding hydrogens is 656 g/mol. The summed E-state index contributed by atoms with van der Waals surface area (Å²) in [6, 6.07) is 12.2. The molecule has 6 nitrogen and oxygen atoms in total. The van der Waals surface area contributed by atoms with Crippen molar-refractivity contribution in [1.82, 2.24) is 9.97 Å². The van der Waals surface area contributed by atoms with Crippen molar-refractivity contribution in [2.75, 3.05) is 11.5 Å². The Labute approximate surface area is 284 Å². The predicted octanol–water partition coefficient (Wildman–Crippen LogP) is 4.32. The number of carbonyl (C=O) groups excluding carboxylic acids is 1. The third-order valence-electron chi connectivity index (χ3n) is 6.59. The van der Waals surface area contributed by atoms with Crippen LogP contribution in [0.2, 0.25) is 0 Å². The van der Waals surface area contributed by atoms with Crippen molar-refractivity contribution in [1.29, 1.82) is 0 Å². The van der Waals surface area contributed by atoms with Crippen molar-refractivity contribution in [2.24, 2.45) is 0 Å². The molecular formula is C31H23F9N3NaO3. The largest absolute Gasteiger partial charge is 1.00 e. The number of carboxylic acid groups (broad SMARTS) is 1. The van der Waals surface area contributed by atoms with Gasteiger partial charge in [-0.15, -0.1) is 0 Å². The van der Waals surface area contributed by atoms with E-state index in [9.17, 15) is 49.4 Å². The van der Waals surface area contributed by atoms with Crippen LogP contribution >= 0.6 is 0 Å². The minimum atomic E-state index is -5.13. The summed E-state index contributed by atoms with van der Waals surface area (Å²) in [5.74, 6) is -1.48. The van der Waals surface area contributed by atoms with Crippen molar-refractivity contribution in [3.8, 4) is 16.9 Å². The zero-order chi connectivity index (χ0) is 33.7. The Hall–Kier alpha value is -3.82. The second-order valence-electron chi connectivity index (χ2n) is 10.0. The Morgan fingerprint density at radius 1 is 0.745 bits per heavy atom. The van der Waals surface area contributed by atoms with Crippen molar-refractivity contribution in [3.05, 3.63) is 107 Å². The molecule has 0 radical (unpaired) electrons. The molecule has 1 heterocycles. The van der Waals surface area contributed by atoms with E-state index >= 15 is 0 Å². The maximum atomic E-state index is 13.7. The van der Waals surface area contributed by atoms with Crippen LogP contribution in [0.3, 0.4) is 0 Å². The topological polar surface area (TPSA) is 78.4 Å². The quantitative estimate of drug-likeness (QED) is 0.134. The molecule has 0 bridgehead atoms. The number of benzene rings is 3. The average Bonchev–Trinajstić information content (AvgIpc) is 2.98. The molecule has 0 unspecified atom stereocenters. The number of halogens is 9. The summed E-state index contributed by atoms with van der Waals surface area (Å²) in [7, 11) is 0. The molecule has 47 heavy (non-hydrogen) atoms. The van der Waals surface area contributed by atoms with E-state index in [0.717, 1.165) is 29.4 Å². The fraction of sp³-hybridized carbons (Fsp3) is 0.258. The van der Waals surface area contributed by atoms with Crippen LogP contribution in [0, 0.1) is 0 Å². The first-order valence-corrected chi connectivity index (χ1v) is 13.4. The summed E-state index contributed by atoms with van der Waals surface area (Å²) in [4.78, 5) is 19.9. The summed E-state index contributed by atoms with van der Waals surface area (Å²) in [5.41, 5.74) is -3.75. The van der Waals surface area contributed by atoms with Crippen molar-refractivity contribution < 1.29 is 83.7 Å². The van der Waals surface area contributed by atoms with Gasteiger partial charge in [-0.2, -0.15) is 39.5 Å². The molecule has 0 spiro atoms. The number of anilines is 1. The van der Waals surface area contributed by atoms with E-state index in [1.54, 1.807) is 30.3 Å². The van der Waals surface area contributed by atoms with E-state index in [4.69, 9.17) is 4.74 Å². The summed E-state index contributed by atoms with van der Waals surface area (Å²) < 4.78 is 128. The fourth-order valence-corrected chi connectivity index (χ4v) is 4.49. The van der Waals surface area contributed by atoms with E-state index in [2.05, 4.69) is 9.97 Å². The number of hydrogen-bond donors (Lipinski definition) is 0. The van der Waals surface area contributed by atoms with Gasteiger partial charge in [0.15, 0.2) is 5.75 Å². The van der Waals surface area contributed by atoms with Crippen LogP contribution < -0.4 is 44.3 Å². The van der Waals surface area contributed by atoms with Gasteiger partial charge >= 0.3 is 48.1 Å². The molecule has 4 aromatic rings. The molecule has 1 aromatic heterocycles. The maximum absolute atomic E-state index is 13.7. The molecule has 3 aromatic carbocycles. The maximum Gasteiger partial charge on any atom is 1.00 e. The second-order valence-corrected chi connectivity index (χ2v) is 10.0. The summed E-state index contributed by atoms with van der Waals surface area (Å²) >= 11 is 0. The Kier molecular flexibility index (Phi) is 12.3. The first kappa shape index (κ1) is 37.6. The number of carbonyl (C=O) groups is 1. The molecule has 0 aliphatic rings. The molecule has 0 aliphatic heterocycles. The molecule has 4 rings (SSSR count). The second kappa shape index (κ2) is 15.4. The SMILES string of the molecule is O=C([O-])CCCOc1cnc(N(Cc2cc(C(F)(F)F)cc(C(F)(F)F)c2)Cc2cc(C(F)(F)F)ccc2-c2ccccc2)nc1.[Na+]. The molecule has 244 valence electrons. The van der Waals surface area contributed by atoms with Crippen LogP contribution in [0.5, 0.6) is 5.75 Å². The van der Waals surface area contributed by atoms with Gasteiger partial charge < -0.3 is 19.5 Å². The number of nitrogens with zero attached hydrogens (tertiary/aromatic N) is 3.